The Labute approximate surface area is 113 Å². The smallest absolute Gasteiger partial charge is 0.259 e. The van der Waals surface area contributed by atoms with Gasteiger partial charge in [-0.2, -0.15) is 0 Å². The van der Waals surface area contributed by atoms with Crippen LogP contribution in [0.15, 0.2) is 41.2 Å². The second-order valence-corrected chi connectivity index (χ2v) is 5.12. The molecule has 2 N–H and O–H groups in total. The van der Waals surface area contributed by atoms with E-state index >= 15 is 0 Å². The minimum absolute atomic E-state index is 0.0162. The van der Waals surface area contributed by atoms with E-state index in [1.165, 1.54) is 5.56 Å². The Bertz CT molecular complexity index is 624. The Kier molecular flexibility index (Phi) is 3.86. The summed E-state index contributed by atoms with van der Waals surface area (Å²) < 4.78 is 1.77. The molecule has 0 atom stereocenters. The lowest BCUT2D eigenvalue weighted by Crippen LogP contribution is -2.27. The number of pyridine rings is 1. The normalized spacial score (nSPS) is 11.0. The summed E-state index contributed by atoms with van der Waals surface area (Å²) in [5.74, 6) is 0.279. The molecule has 0 bridgehead atoms. The second kappa shape index (κ2) is 5.41. The molecule has 100 valence electrons. The highest BCUT2D eigenvalue weighted by Crippen LogP contribution is 2.18. The van der Waals surface area contributed by atoms with E-state index in [0.29, 0.717) is 5.56 Å². The average molecular weight is 256 g/mol. The highest BCUT2D eigenvalue weighted by Gasteiger charge is 2.12. The molecular formula is C16H20N2O. The molecule has 0 unspecified atom stereocenters. The van der Waals surface area contributed by atoms with Crippen LogP contribution >= 0.6 is 0 Å². The third kappa shape index (κ3) is 2.61. The highest BCUT2D eigenvalue weighted by atomic mass is 16.1. The number of hydrogen-bond donors (Lipinski definition) is 1. The fourth-order valence-corrected chi connectivity index (χ4v) is 2.16. The zero-order valence-electron chi connectivity index (χ0n) is 11.7. The predicted molar refractivity (Wildman–Crippen MR) is 78.8 cm³/mol. The molecule has 2 aromatic rings. The number of rotatable bonds is 3. The van der Waals surface area contributed by atoms with Gasteiger partial charge in [0, 0.05) is 23.5 Å². The van der Waals surface area contributed by atoms with Gasteiger partial charge in [0.1, 0.15) is 0 Å². The summed E-state index contributed by atoms with van der Waals surface area (Å²) >= 11 is 0. The molecule has 1 aromatic carbocycles. The molecule has 3 nitrogen and oxygen atoms in total. The minimum atomic E-state index is -0.0162. The van der Waals surface area contributed by atoms with Gasteiger partial charge < -0.3 is 5.73 Å². The molecule has 3 heteroatoms. The molecule has 0 aliphatic carbocycles. The quantitative estimate of drug-likeness (QED) is 0.918. The molecule has 0 amide bonds. The van der Waals surface area contributed by atoms with Crippen LogP contribution in [0.25, 0.3) is 5.69 Å². The largest absolute Gasteiger partial charge is 0.326 e. The van der Waals surface area contributed by atoms with Crippen LogP contribution in [0.2, 0.25) is 0 Å². The number of nitrogens with zero attached hydrogens (tertiary/aromatic N) is 1. The third-order valence-corrected chi connectivity index (χ3v) is 3.29. The van der Waals surface area contributed by atoms with Crippen molar-refractivity contribution in [3.8, 4) is 5.69 Å². The van der Waals surface area contributed by atoms with Crippen LogP contribution in [-0.2, 0) is 6.54 Å². The fourth-order valence-electron chi connectivity index (χ4n) is 2.16. The summed E-state index contributed by atoms with van der Waals surface area (Å²) in [7, 11) is 0. The number of aromatic nitrogens is 1. The van der Waals surface area contributed by atoms with Gasteiger partial charge in [-0.1, -0.05) is 37.6 Å². The van der Waals surface area contributed by atoms with E-state index in [-0.39, 0.29) is 18.0 Å². The van der Waals surface area contributed by atoms with Crippen LogP contribution in [0.3, 0.4) is 0 Å². The summed E-state index contributed by atoms with van der Waals surface area (Å²) in [6, 6.07) is 11.8. The van der Waals surface area contributed by atoms with E-state index in [0.717, 1.165) is 11.4 Å². The van der Waals surface area contributed by atoms with Gasteiger partial charge in [-0.3, -0.25) is 9.36 Å². The van der Waals surface area contributed by atoms with Crippen LogP contribution < -0.4 is 11.3 Å². The predicted octanol–water partition coefficient (Wildman–Crippen LogP) is 2.73. The zero-order chi connectivity index (χ0) is 14.0. The van der Waals surface area contributed by atoms with Crippen molar-refractivity contribution < 1.29 is 0 Å². The van der Waals surface area contributed by atoms with Crippen molar-refractivity contribution in [2.75, 3.05) is 0 Å². The van der Waals surface area contributed by atoms with Gasteiger partial charge in [0.2, 0.25) is 0 Å². The highest BCUT2D eigenvalue weighted by molar-refractivity contribution is 5.38. The van der Waals surface area contributed by atoms with Crippen molar-refractivity contribution in [2.24, 2.45) is 5.73 Å². The molecule has 1 aromatic heterocycles. The van der Waals surface area contributed by atoms with Crippen molar-refractivity contribution in [3.05, 3.63) is 63.6 Å². The van der Waals surface area contributed by atoms with Gasteiger partial charge in [-0.05, 0) is 31.0 Å². The standard InChI is InChI=1S/C16H20N2O/c1-11(2)15-9-6-13(10-17)16(19)18(15)14-7-4-12(3)5-8-14/h4-9,11H,10,17H2,1-3H3. The number of hydrogen-bond acceptors (Lipinski definition) is 2. The van der Waals surface area contributed by atoms with Gasteiger partial charge in [-0.15, -0.1) is 0 Å². The first-order valence-electron chi connectivity index (χ1n) is 6.56. The number of aryl methyl sites for hydroxylation is 1. The van der Waals surface area contributed by atoms with Gasteiger partial charge >= 0.3 is 0 Å². The van der Waals surface area contributed by atoms with Crippen molar-refractivity contribution in [3.63, 3.8) is 0 Å². The molecule has 2 rings (SSSR count). The lowest BCUT2D eigenvalue weighted by atomic mass is 10.1. The topological polar surface area (TPSA) is 48.0 Å². The summed E-state index contributed by atoms with van der Waals surface area (Å²) in [6.07, 6.45) is 0. The van der Waals surface area contributed by atoms with E-state index in [4.69, 9.17) is 5.73 Å². The van der Waals surface area contributed by atoms with Crippen molar-refractivity contribution in [1.82, 2.24) is 4.57 Å². The summed E-state index contributed by atoms with van der Waals surface area (Å²) in [4.78, 5) is 12.5. The van der Waals surface area contributed by atoms with Gasteiger partial charge in [0.25, 0.3) is 5.56 Å². The van der Waals surface area contributed by atoms with Crippen molar-refractivity contribution in [2.45, 2.75) is 33.2 Å². The molecule has 19 heavy (non-hydrogen) atoms. The van der Waals surface area contributed by atoms with Crippen LogP contribution in [0.4, 0.5) is 0 Å². The second-order valence-electron chi connectivity index (χ2n) is 5.12. The maximum atomic E-state index is 12.5. The van der Waals surface area contributed by atoms with E-state index in [1.807, 2.05) is 43.3 Å². The van der Waals surface area contributed by atoms with Crippen molar-refractivity contribution >= 4 is 0 Å². The van der Waals surface area contributed by atoms with Gasteiger partial charge in [0.15, 0.2) is 0 Å². The molecule has 0 saturated heterocycles. The van der Waals surface area contributed by atoms with E-state index in [2.05, 4.69) is 13.8 Å². The molecule has 0 spiro atoms. The number of benzene rings is 1. The summed E-state index contributed by atoms with van der Waals surface area (Å²) in [5.41, 5.74) is 9.34. The Morgan fingerprint density at radius 3 is 2.26 bits per heavy atom. The Morgan fingerprint density at radius 2 is 1.74 bits per heavy atom. The monoisotopic (exact) mass is 256 g/mol. The molecule has 0 radical (unpaired) electrons. The lowest BCUT2D eigenvalue weighted by molar-refractivity contribution is 0.749. The van der Waals surface area contributed by atoms with Crippen molar-refractivity contribution in [1.29, 1.82) is 0 Å². The maximum absolute atomic E-state index is 12.5. The summed E-state index contributed by atoms with van der Waals surface area (Å²) in [5, 5.41) is 0. The van der Waals surface area contributed by atoms with Crippen LogP contribution in [0, 0.1) is 6.92 Å². The first-order chi connectivity index (χ1) is 9.04. The van der Waals surface area contributed by atoms with Gasteiger partial charge in [0.05, 0.1) is 0 Å². The Hall–Kier alpha value is -1.87. The zero-order valence-corrected chi connectivity index (χ0v) is 11.7. The minimum Gasteiger partial charge on any atom is -0.326 e. The average Bonchev–Trinajstić information content (AvgIpc) is 2.39. The third-order valence-electron chi connectivity index (χ3n) is 3.29. The maximum Gasteiger partial charge on any atom is 0.259 e. The molecule has 0 saturated carbocycles. The molecular weight excluding hydrogens is 236 g/mol. The number of nitrogens with two attached hydrogens (primary N) is 1. The lowest BCUT2D eigenvalue weighted by Gasteiger charge is -2.17. The molecule has 0 fully saturated rings. The molecule has 0 aliphatic heterocycles. The molecule has 0 aliphatic rings. The van der Waals surface area contributed by atoms with Crippen LogP contribution in [-0.4, -0.2) is 4.57 Å². The Morgan fingerprint density at radius 1 is 1.11 bits per heavy atom. The first-order valence-corrected chi connectivity index (χ1v) is 6.56. The van der Waals surface area contributed by atoms with Gasteiger partial charge in [-0.25, -0.2) is 0 Å². The first kappa shape index (κ1) is 13.6. The van der Waals surface area contributed by atoms with Crippen LogP contribution in [0.5, 0.6) is 0 Å². The molecule has 1 heterocycles. The van der Waals surface area contributed by atoms with E-state index in [9.17, 15) is 4.79 Å². The van der Waals surface area contributed by atoms with Crippen LogP contribution in [0.1, 0.15) is 36.6 Å². The summed E-state index contributed by atoms with van der Waals surface area (Å²) in [6.45, 7) is 6.47. The van der Waals surface area contributed by atoms with E-state index < -0.39 is 0 Å². The fraction of sp³-hybridized carbons (Fsp3) is 0.312. The SMILES string of the molecule is Cc1ccc(-n2c(C(C)C)ccc(CN)c2=O)cc1. The Balaban J connectivity index is 2.71. The van der Waals surface area contributed by atoms with E-state index in [1.54, 1.807) is 4.57 Å².